The molecule has 22 heavy (non-hydrogen) atoms. The van der Waals surface area contributed by atoms with Crippen LogP contribution in [0.5, 0.6) is 0 Å². The molecular weight excluding hydrogens is 296 g/mol. The van der Waals surface area contributed by atoms with Crippen LogP contribution in [0.4, 0.5) is 5.13 Å². The lowest BCUT2D eigenvalue weighted by Gasteiger charge is -2.04. The van der Waals surface area contributed by atoms with Crippen LogP contribution in [-0.4, -0.2) is 18.0 Å². The van der Waals surface area contributed by atoms with Crippen LogP contribution in [0.15, 0.2) is 42.5 Å². The number of carbonyl (C=O) groups is 1. The first-order valence-corrected chi connectivity index (χ1v) is 7.75. The molecule has 0 fully saturated rings. The van der Waals surface area contributed by atoms with E-state index in [-0.39, 0.29) is 5.91 Å². The molecule has 0 bridgehead atoms. The average molecular weight is 312 g/mol. The number of nitrogens with one attached hydrogen (secondary N) is 1. The maximum Gasteiger partial charge on any atom is 0.257 e. The third-order valence-electron chi connectivity index (χ3n) is 3.41. The smallest absolute Gasteiger partial charge is 0.257 e. The van der Waals surface area contributed by atoms with E-state index in [0.29, 0.717) is 17.3 Å². The summed E-state index contributed by atoms with van der Waals surface area (Å²) in [4.78, 5) is 16.9. The molecule has 1 N–H and O–H groups in total. The monoisotopic (exact) mass is 312 g/mol. The summed E-state index contributed by atoms with van der Waals surface area (Å²) in [6, 6.07) is 13.5. The first-order valence-electron chi connectivity index (χ1n) is 6.93. The molecule has 0 unspecified atom stereocenters. The minimum absolute atomic E-state index is 0.134. The van der Waals surface area contributed by atoms with Crippen LogP contribution >= 0.6 is 11.3 Å². The lowest BCUT2D eigenvalue weighted by atomic mass is 10.1. The van der Waals surface area contributed by atoms with Gasteiger partial charge < -0.3 is 4.74 Å². The van der Waals surface area contributed by atoms with Gasteiger partial charge in [-0.05, 0) is 24.6 Å². The normalized spacial score (nSPS) is 10.8. The Kier molecular flexibility index (Phi) is 4.18. The number of aromatic nitrogens is 1. The summed E-state index contributed by atoms with van der Waals surface area (Å²) in [5, 5.41) is 3.49. The molecule has 3 aromatic rings. The number of rotatable bonds is 4. The number of fused-ring (bicyclic) bond motifs is 1. The van der Waals surface area contributed by atoms with Crippen molar-refractivity contribution in [3.63, 3.8) is 0 Å². The predicted octanol–water partition coefficient (Wildman–Crippen LogP) is 4.00. The molecule has 0 aliphatic carbocycles. The van der Waals surface area contributed by atoms with Crippen molar-refractivity contribution in [2.45, 2.75) is 13.5 Å². The van der Waals surface area contributed by atoms with E-state index in [9.17, 15) is 4.79 Å². The van der Waals surface area contributed by atoms with Crippen LogP contribution in [-0.2, 0) is 11.3 Å². The van der Waals surface area contributed by atoms with Gasteiger partial charge in [-0.1, -0.05) is 41.7 Å². The highest BCUT2D eigenvalue weighted by Gasteiger charge is 2.13. The second-order valence-electron chi connectivity index (χ2n) is 4.98. The zero-order valence-electron chi connectivity index (χ0n) is 12.4. The van der Waals surface area contributed by atoms with Gasteiger partial charge in [-0.25, -0.2) is 4.98 Å². The number of hydrogen-bond donors (Lipinski definition) is 1. The number of thiazole rings is 1. The van der Waals surface area contributed by atoms with Crippen molar-refractivity contribution in [3.8, 4) is 0 Å². The molecule has 0 saturated heterocycles. The summed E-state index contributed by atoms with van der Waals surface area (Å²) in [5.41, 5.74) is 3.52. The molecule has 112 valence electrons. The number of benzene rings is 2. The Labute approximate surface area is 132 Å². The van der Waals surface area contributed by atoms with Gasteiger partial charge in [0.1, 0.15) is 0 Å². The van der Waals surface area contributed by atoms with Gasteiger partial charge in [-0.3, -0.25) is 10.1 Å². The fraction of sp³-hybridized carbons (Fsp3) is 0.176. The summed E-state index contributed by atoms with van der Waals surface area (Å²) in [6.45, 7) is 2.43. The molecule has 0 spiro atoms. The van der Waals surface area contributed by atoms with Gasteiger partial charge in [0.05, 0.1) is 16.8 Å². The van der Waals surface area contributed by atoms with Gasteiger partial charge in [0.15, 0.2) is 5.13 Å². The topological polar surface area (TPSA) is 51.2 Å². The quantitative estimate of drug-likeness (QED) is 0.792. The molecule has 2 aromatic carbocycles. The Morgan fingerprint density at radius 3 is 2.82 bits per heavy atom. The molecule has 1 heterocycles. The standard InChI is InChI=1S/C17H16N2O2S/c1-11-6-3-4-8-13(11)16(20)19-17-18-15-12(10-21-2)7-5-9-14(15)22-17/h3-9H,10H2,1-2H3,(H,18,19,20). The number of methoxy groups -OCH3 is 1. The number of para-hydroxylation sites is 1. The van der Waals surface area contributed by atoms with Gasteiger partial charge in [-0.2, -0.15) is 0 Å². The van der Waals surface area contributed by atoms with Crippen molar-refractivity contribution in [2.24, 2.45) is 0 Å². The molecule has 1 aromatic heterocycles. The minimum Gasteiger partial charge on any atom is -0.380 e. The van der Waals surface area contributed by atoms with Crippen molar-refractivity contribution in [2.75, 3.05) is 12.4 Å². The van der Waals surface area contributed by atoms with Gasteiger partial charge >= 0.3 is 0 Å². The Bertz CT molecular complexity index is 826. The summed E-state index contributed by atoms with van der Waals surface area (Å²) in [5.74, 6) is -0.134. The van der Waals surface area contributed by atoms with Crippen molar-refractivity contribution in [1.29, 1.82) is 0 Å². The molecule has 1 amide bonds. The highest BCUT2D eigenvalue weighted by Crippen LogP contribution is 2.29. The lowest BCUT2D eigenvalue weighted by molar-refractivity contribution is 0.102. The Balaban J connectivity index is 1.90. The van der Waals surface area contributed by atoms with E-state index in [1.165, 1.54) is 11.3 Å². The van der Waals surface area contributed by atoms with Crippen LogP contribution in [0, 0.1) is 6.92 Å². The van der Waals surface area contributed by atoms with Crippen LogP contribution in [0.25, 0.3) is 10.2 Å². The third-order valence-corrected chi connectivity index (χ3v) is 4.35. The molecule has 0 radical (unpaired) electrons. The van der Waals surface area contributed by atoms with Crippen LogP contribution in [0.3, 0.4) is 0 Å². The van der Waals surface area contributed by atoms with E-state index < -0.39 is 0 Å². The van der Waals surface area contributed by atoms with E-state index in [2.05, 4.69) is 10.3 Å². The van der Waals surface area contributed by atoms with E-state index in [4.69, 9.17) is 4.74 Å². The van der Waals surface area contributed by atoms with Gasteiger partial charge in [0.2, 0.25) is 0 Å². The molecule has 4 nitrogen and oxygen atoms in total. The van der Waals surface area contributed by atoms with Crippen molar-refractivity contribution < 1.29 is 9.53 Å². The predicted molar refractivity (Wildman–Crippen MR) is 89.5 cm³/mol. The SMILES string of the molecule is COCc1cccc2sc(NC(=O)c3ccccc3C)nc12. The molecule has 3 rings (SSSR count). The van der Waals surface area contributed by atoms with E-state index in [0.717, 1.165) is 21.3 Å². The highest BCUT2D eigenvalue weighted by molar-refractivity contribution is 7.22. The molecule has 0 saturated carbocycles. The fourth-order valence-electron chi connectivity index (χ4n) is 2.32. The Morgan fingerprint density at radius 1 is 1.23 bits per heavy atom. The third kappa shape index (κ3) is 2.86. The second-order valence-corrected chi connectivity index (χ2v) is 6.02. The lowest BCUT2D eigenvalue weighted by Crippen LogP contribution is -2.12. The van der Waals surface area contributed by atoms with Crippen LogP contribution in [0.1, 0.15) is 21.5 Å². The average Bonchev–Trinajstić information content (AvgIpc) is 2.91. The van der Waals surface area contributed by atoms with Gasteiger partial charge in [0, 0.05) is 18.2 Å². The zero-order valence-corrected chi connectivity index (χ0v) is 13.2. The summed E-state index contributed by atoms with van der Waals surface area (Å²) < 4.78 is 6.23. The maximum atomic E-state index is 12.4. The molecule has 5 heteroatoms. The van der Waals surface area contributed by atoms with Gasteiger partial charge in [-0.15, -0.1) is 0 Å². The van der Waals surface area contributed by atoms with E-state index in [1.807, 2.05) is 49.4 Å². The molecule has 0 aliphatic heterocycles. The molecule has 0 atom stereocenters. The number of hydrogen-bond acceptors (Lipinski definition) is 4. The number of carbonyl (C=O) groups excluding carboxylic acids is 1. The summed E-state index contributed by atoms with van der Waals surface area (Å²) in [7, 11) is 1.66. The molecular formula is C17H16N2O2S. The van der Waals surface area contributed by atoms with Crippen LogP contribution in [0.2, 0.25) is 0 Å². The first kappa shape index (κ1) is 14.7. The number of ether oxygens (including phenoxy) is 1. The molecule has 0 aliphatic rings. The minimum atomic E-state index is -0.134. The first-order chi connectivity index (χ1) is 10.7. The largest absolute Gasteiger partial charge is 0.380 e. The second kappa shape index (κ2) is 6.25. The Morgan fingerprint density at radius 2 is 2.05 bits per heavy atom. The van der Waals surface area contributed by atoms with E-state index >= 15 is 0 Å². The highest BCUT2D eigenvalue weighted by atomic mass is 32.1. The maximum absolute atomic E-state index is 12.4. The van der Waals surface area contributed by atoms with Crippen molar-refractivity contribution in [1.82, 2.24) is 4.98 Å². The number of aryl methyl sites for hydroxylation is 1. The number of anilines is 1. The summed E-state index contributed by atoms with van der Waals surface area (Å²) >= 11 is 1.47. The van der Waals surface area contributed by atoms with Crippen molar-refractivity contribution >= 4 is 32.6 Å². The Hall–Kier alpha value is -2.24. The zero-order chi connectivity index (χ0) is 15.5. The van der Waals surface area contributed by atoms with Crippen molar-refractivity contribution in [3.05, 3.63) is 59.2 Å². The number of amides is 1. The van der Waals surface area contributed by atoms with Gasteiger partial charge in [0.25, 0.3) is 5.91 Å². The van der Waals surface area contributed by atoms with E-state index in [1.54, 1.807) is 7.11 Å². The summed E-state index contributed by atoms with van der Waals surface area (Å²) in [6.07, 6.45) is 0. The fourth-order valence-corrected chi connectivity index (χ4v) is 3.23. The van der Waals surface area contributed by atoms with Crippen LogP contribution < -0.4 is 5.32 Å². The number of nitrogens with zero attached hydrogens (tertiary/aromatic N) is 1.